The van der Waals surface area contributed by atoms with Gasteiger partial charge in [0.1, 0.15) is 0 Å². The van der Waals surface area contributed by atoms with Gasteiger partial charge in [-0.2, -0.15) is 0 Å². The summed E-state index contributed by atoms with van der Waals surface area (Å²) in [5.74, 6) is 0. The predicted molar refractivity (Wildman–Crippen MR) is 43.8 cm³/mol. The Hall–Kier alpha value is -0.640. The third kappa shape index (κ3) is 7.36. The van der Waals surface area contributed by atoms with Crippen molar-refractivity contribution in [1.29, 1.82) is 0 Å². The van der Waals surface area contributed by atoms with E-state index in [1.165, 1.54) is 6.34 Å². The molecule has 0 aliphatic heterocycles. The number of nitrogens with zero attached hydrogens (tertiary/aromatic N) is 1. The molecule has 0 atom stereocenters. The van der Waals surface area contributed by atoms with Crippen LogP contribution in [0.25, 0.3) is 0 Å². The van der Waals surface area contributed by atoms with Gasteiger partial charge in [0.2, 0.25) is 0 Å². The van der Waals surface area contributed by atoms with Crippen LogP contribution >= 0.6 is 12.2 Å². The number of rotatable bonds is 3. The highest BCUT2D eigenvalue weighted by Crippen LogP contribution is 1.67. The van der Waals surface area contributed by atoms with Crippen molar-refractivity contribution in [3.8, 4) is 0 Å². The van der Waals surface area contributed by atoms with Crippen LogP contribution in [-0.4, -0.2) is 24.4 Å². The Labute approximate surface area is 60.3 Å². The Morgan fingerprint density at radius 2 is 2.56 bits per heavy atom. The van der Waals surface area contributed by atoms with Crippen molar-refractivity contribution >= 4 is 23.5 Å². The van der Waals surface area contributed by atoms with Gasteiger partial charge in [-0.3, -0.25) is 4.99 Å². The number of hydrogen-bond acceptors (Lipinski definition) is 2. The highest BCUT2D eigenvalue weighted by molar-refractivity contribution is 7.80. The minimum Gasteiger partial charge on any atom is -0.390 e. The average molecular weight is 145 g/mol. The molecule has 3 N–H and O–H groups in total. The van der Waals surface area contributed by atoms with E-state index in [0.29, 0.717) is 6.54 Å². The van der Waals surface area contributed by atoms with E-state index < -0.39 is 0 Å². The molecule has 0 amide bonds. The van der Waals surface area contributed by atoms with Crippen molar-refractivity contribution in [2.24, 2.45) is 10.7 Å². The molecular formula is C5H11N3S. The minimum atomic E-state index is 0.685. The van der Waals surface area contributed by atoms with Gasteiger partial charge in [0.25, 0.3) is 0 Å². The maximum Gasteiger partial charge on any atom is 0.0798 e. The number of nitrogens with two attached hydrogens (primary N) is 1. The molecule has 0 aliphatic carbocycles. The zero-order chi connectivity index (χ0) is 7.11. The van der Waals surface area contributed by atoms with Crippen LogP contribution in [0.15, 0.2) is 4.99 Å². The summed E-state index contributed by atoms with van der Waals surface area (Å²) in [5, 5.41) is 2.94. The highest BCUT2D eigenvalue weighted by Gasteiger charge is 1.81. The maximum atomic E-state index is 4.99. The molecule has 0 aliphatic rings. The first-order valence-electron chi connectivity index (χ1n) is 2.72. The van der Waals surface area contributed by atoms with E-state index in [1.807, 2.05) is 6.92 Å². The summed E-state index contributed by atoms with van der Waals surface area (Å²) >= 11 is 4.75. The first kappa shape index (κ1) is 8.36. The van der Waals surface area contributed by atoms with Crippen LogP contribution in [-0.2, 0) is 0 Å². The van der Waals surface area contributed by atoms with Gasteiger partial charge < -0.3 is 11.1 Å². The van der Waals surface area contributed by atoms with Crippen molar-refractivity contribution in [2.45, 2.75) is 6.92 Å². The van der Waals surface area contributed by atoms with Crippen LogP contribution < -0.4 is 11.1 Å². The van der Waals surface area contributed by atoms with E-state index in [2.05, 4.69) is 10.3 Å². The number of nitrogens with one attached hydrogen (secondary N) is 1. The fraction of sp³-hybridized carbons (Fsp3) is 0.600. The van der Waals surface area contributed by atoms with Crippen LogP contribution in [0.4, 0.5) is 0 Å². The van der Waals surface area contributed by atoms with E-state index in [9.17, 15) is 0 Å². The number of hydrogen-bond donors (Lipinski definition) is 2. The lowest BCUT2D eigenvalue weighted by atomic mass is 10.6. The monoisotopic (exact) mass is 145 g/mol. The van der Waals surface area contributed by atoms with Crippen LogP contribution in [0.1, 0.15) is 6.92 Å². The van der Waals surface area contributed by atoms with Crippen molar-refractivity contribution in [2.75, 3.05) is 13.1 Å². The summed E-state index contributed by atoms with van der Waals surface area (Å²) in [7, 11) is 0. The topological polar surface area (TPSA) is 50.4 Å². The molecule has 0 radical (unpaired) electrons. The largest absolute Gasteiger partial charge is 0.390 e. The van der Waals surface area contributed by atoms with Crippen molar-refractivity contribution in [3.05, 3.63) is 0 Å². The standard InChI is InChI=1S/C5H11N3S/c1-5(9)8-3-2-7-4-6/h4H,2-3H2,1H3,(H2,6,7)(H,8,9). The highest BCUT2D eigenvalue weighted by atomic mass is 32.1. The Morgan fingerprint density at radius 1 is 1.89 bits per heavy atom. The Balaban J connectivity index is 3.01. The van der Waals surface area contributed by atoms with Crippen LogP contribution in [0.2, 0.25) is 0 Å². The molecule has 3 nitrogen and oxygen atoms in total. The molecule has 0 heterocycles. The second-order valence-electron chi connectivity index (χ2n) is 1.54. The SMILES string of the molecule is CC(=S)NCCN=CN. The number of aliphatic imine (C=N–C) groups is 1. The van der Waals surface area contributed by atoms with Crippen molar-refractivity contribution < 1.29 is 0 Å². The predicted octanol–water partition coefficient (Wildman–Crippen LogP) is -0.0897. The van der Waals surface area contributed by atoms with Crippen LogP contribution in [0.5, 0.6) is 0 Å². The minimum absolute atomic E-state index is 0.685. The van der Waals surface area contributed by atoms with Gasteiger partial charge in [-0.25, -0.2) is 0 Å². The second-order valence-corrected chi connectivity index (χ2v) is 2.15. The van der Waals surface area contributed by atoms with E-state index in [-0.39, 0.29) is 0 Å². The second kappa shape index (κ2) is 5.50. The molecule has 0 bridgehead atoms. The molecule has 0 saturated carbocycles. The van der Waals surface area contributed by atoms with Gasteiger partial charge in [-0.15, -0.1) is 0 Å². The maximum absolute atomic E-state index is 4.99. The van der Waals surface area contributed by atoms with Crippen LogP contribution in [0.3, 0.4) is 0 Å². The molecule has 9 heavy (non-hydrogen) atoms. The zero-order valence-corrected chi connectivity index (χ0v) is 6.24. The van der Waals surface area contributed by atoms with Gasteiger partial charge in [0.15, 0.2) is 0 Å². The molecule has 0 spiro atoms. The van der Waals surface area contributed by atoms with E-state index >= 15 is 0 Å². The lowest BCUT2D eigenvalue weighted by Gasteiger charge is -1.97. The third-order valence-electron chi connectivity index (χ3n) is 0.720. The third-order valence-corrected chi connectivity index (χ3v) is 0.865. The Morgan fingerprint density at radius 3 is 3.00 bits per heavy atom. The molecule has 0 saturated heterocycles. The molecule has 4 heteroatoms. The Kier molecular flexibility index (Phi) is 5.11. The lowest BCUT2D eigenvalue weighted by Crippen LogP contribution is -2.21. The zero-order valence-electron chi connectivity index (χ0n) is 5.42. The summed E-state index contributed by atoms with van der Waals surface area (Å²) in [6.07, 6.45) is 1.29. The van der Waals surface area contributed by atoms with Gasteiger partial charge in [0, 0.05) is 6.54 Å². The van der Waals surface area contributed by atoms with Gasteiger partial charge in [-0.05, 0) is 6.92 Å². The smallest absolute Gasteiger partial charge is 0.0798 e. The van der Waals surface area contributed by atoms with E-state index in [0.717, 1.165) is 11.5 Å². The molecule has 0 aromatic rings. The summed E-state index contributed by atoms with van der Waals surface area (Å²) in [6, 6.07) is 0. The van der Waals surface area contributed by atoms with Crippen molar-refractivity contribution in [1.82, 2.24) is 5.32 Å². The molecule has 0 aromatic heterocycles. The number of thiocarbonyl (C=S) groups is 1. The average Bonchev–Trinajstić information content (AvgIpc) is 1.80. The van der Waals surface area contributed by atoms with Crippen molar-refractivity contribution in [3.63, 3.8) is 0 Å². The summed E-state index contributed by atoms with van der Waals surface area (Å²) in [4.78, 5) is 4.57. The molecule has 0 rings (SSSR count). The van der Waals surface area contributed by atoms with Crippen LogP contribution in [0, 0.1) is 0 Å². The molecule has 52 valence electrons. The van der Waals surface area contributed by atoms with Gasteiger partial charge >= 0.3 is 0 Å². The fourth-order valence-corrected chi connectivity index (χ4v) is 0.473. The van der Waals surface area contributed by atoms with Gasteiger partial charge in [-0.1, -0.05) is 12.2 Å². The lowest BCUT2D eigenvalue weighted by molar-refractivity contribution is 0.885. The normalized spacial score (nSPS) is 9.89. The molecular weight excluding hydrogens is 134 g/mol. The first-order chi connectivity index (χ1) is 4.27. The first-order valence-corrected chi connectivity index (χ1v) is 3.12. The quantitative estimate of drug-likeness (QED) is 0.252. The molecule has 0 fully saturated rings. The summed E-state index contributed by atoms with van der Waals surface area (Å²) in [5.41, 5.74) is 4.99. The van der Waals surface area contributed by atoms with Gasteiger partial charge in [0.05, 0.1) is 17.9 Å². The Bertz CT molecular complexity index is 111. The fourth-order valence-electron chi connectivity index (χ4n) is 0.371. The van der Waals surface area contributed by atoms with E-state index in [1.54, 1.807) is 0 Å². The molecule has 0 unspecified atom stereocenters. The van der Waals surface area contributed by atoms with E-state index in [4.69, 9.17) is 18.0 Å². The summed E-state index contributed by atoms with van der Waals surface area (Å²) in [6.45, 7) is 3.29. The summed E-state index contributed by atoms with van der Waals surface area (Å²) < 4.78 is 0. The molecule has 0 aromatic carbocycles.